The Labute approximate surface area is 129 Å². The molecule has 0 saturated carbocycles. The van der Waals surface area contributed by atoms with Gasteiger partial charge in [0.1, 0.15) is 5.56 Å². The Morgan fingerprint density at radius 1 is 1.30 bits per heavy atom. The highest BCUT2D eigenvalue weighted by Crippen LogP contribution is 2.37. The zero-order valence-corrected chi connectivity index (χ0v) is 11.6. The number of amides is 1. The maximum Gasteiger partial charge on any atom is 0.286 e. The van der Waals surface area contributed by atoms with Gasteiger partial charge >= 0.3 is 0 Å². The predicted molar refractivity (Wildman–Crippen MR) is 78.5 cm³/mol. The van der Waals surface area contributed by atoms with Crippen molar-refractivity contribution in [2.75, 3.05) is 6.79 Å². The van der Waals surface area contributed by atoms with E-state index in [0.717, 1.165) is 11.6 Å². The average Bonchev–Trinajstić information content (AvgIpc) is 3.02. The minimum atomic E-state index is -0.722. The van der Waals surface area contributed by atoms with Gasteiger partial charge in [-0.15, -0.1) is 0 Å². The first-order valence-corrected chi connectivity index (χ1v) is 6.46. The molecule has 0 saturated heterocycles. The van der Waals surface area contributed by atoms with Gasteiger partial charge in [0.05, 0.1) is 17.2 Å². The number of carbonyl (C=O) groups is 1. The molecule has 0 atom stereocenters. The number of aromatic nitrogens is 1. The zero-order chi connectivity index (χ0) is 16.2. The monoisotopic (exact) mass is 314 g/mol. The van der Waals surface area contributed by atoms with Crippen LogP contribution in [0.25, 0.3) is 0 Å². The van der Waals surface area contributed by atoms with E-state index < -0.39 is 10.8 Å². The number of nitro groups is 1. The van der Waals surface area contributed by atoms with Crippen LogP contribution in [0.5, 0.6) is 11.5 Å². The Morgan fingerprint density at radius 2 is 2.00 bits per heavy atom. The molecule has 3 rings (SSSR count). The molecule has 116 valence electrons. The molecule has 2 aromatic rings. The van der Waals surface area contributed by atoms with Gasteiger partial charge in [-0.1, -0.05) is 0 Å². The lowest BCUT2D eigenvalue weighted by atomic mass is 10.1. The third-order valence-corrected chi connectivity index (χ3v) is 3.02. The van der Waals surface area contributed by atoms with Gasteiger partial charge in [0, 0.05) is 18.5 Å². The molecule has 9 nitrogen and oxygen atoms in total. The Bertz CT molecular complexity index is 791. The van der Waals surface area contributed by atoms with E-state index >= 15 is 0 Å². The van der Waals surface area contributed by atoms with Gasteiger partial charge in [0.15, 0.2) is 11.5 Å². The van der Waals surface area contributed by atoms with Crippen molar-refractivity contribution >= 4 is 17.8 Å². The lowest BCUT2D eigenvalue weighted by Gasteiger charge is -2.03. The maximum atomic E-state index is 12.1. The largest absolute Gasteiger partial charge is 0.454 e. The normalized spacial score (nSPS) is 12.3. The van der Waals surface area contributed by atoms with Crippen molar-refractivity contribution < 1.29 is 19.2 Å². The number of nitrogens with one attached hydrogen (secondary N) is 1. The van der Waals surface area contributed by atoms with Crippen molar-refractivity contribution in [3.05, 3.63) is 57.9 Å². The van der Waals surface area contributed by atoms with Gasteiger partial charge < -0.3 is 9.47 Å². The van der Waals surface area contributed by atoms with Crippen LogP contribution in [-0.4, -0.2) is 28.8 Å². The summed E-state index contributed by atoms with van der Waals surface area (Å²) in [6.45, 7) is -0.0439. The second-order valence-corrected chi connectivity index (χ2v) is 4.46. The smallest absolute Gasteiger partial charge is 0.286 e. The summed E-state index contributed by atoms with van der Waals surface area (Å²) >= 11 is 0. The quantitative estimate of drug-likeness (QED) is 0.519. The maximum absolute atomic E-state index is 12.1. The van der Waals surface area contributed by atoms with Crippen molar-refractivity contribution in [2.24, 2.45) is 5.10 Å². The number of carbonyl (C=O) groups excluding carboxylic acids is 1. The standard InChI is InChI=1S/C14H10N4O5/c19-14(17-16-7-9-1-3-15-4-2-9)10-5-12-13(23-8-22-12)6-11(10)18(20)21/h1-7H,8H2,(H,17,19)/b16-7+. The fraction of sp³-hybridized carbons (Fsp3) is 0.0714. The van der Waals surface area contributed by atoms with Crippen LogP contribution < -0.4 is 14.9 Å². The van der Waals surface area contributed by atoms with Gasteiger partial charge in [-0.05, 0) is 17.7 Å². The van der Waals surface area contributed by atoms with E-state index in [9.17, 15) is 14.9 Å². The van der Waals surface area contributed by atoms with Crippen molar-refractivity contribution in [1.29, 1.82) is 0 Å². The van der Waals surface area contributed by atoms with E-state index in [0.29, 0.717) is 0 Å². The van der Waals surface area contributed by atoms with Gasteiger partial charge in [0.25, 0.3) is 11.6 Å². The molecule has 0 fully saturated rings. The Kier molecular flexibility index (Phi) is 3.83. The summed E-state index contributed by atoms with van der Waals surface area (Å²) in [6, 6.07) is 5.80. The minimum absolute atomic E-state index is 0.0439. The minimum Gasteiger partial charge on any atom is -0.454 e. The molecule has 1 aromatic heterocycles. The first kappa shape index (κ1) is 14.4. The predicted octanol–water partition coefficient (Wildman–Crippen LogP) is 1.48. The molecule has 1 aliphatic rings. The summed E-state index contributed by atoms with van der Waals surface area (Å²) in [4.78, 5) is 26.4. The lowest BCUT2D eigenvalue weighted by Crippen LogP contribution is -2.19. The number of fused-ring (bicyclic) bond motifs is 1. The topological polar surface area (TPSA) is 116 Å². The van der Waals surface area contributed by atoms with Crippen LogP contribution >= 0.6 is 0 Å². The molecule has 0 radical (unpaired) electrons. The second kappa shape index (κ2) is 6.10. The molecule has 2 heterocycles. The van der Waals surface area contributed by atoms with Crippen molar-refractivity contribution in [1.82, 2.24) is 10.4 Å². The van der Waals surface area contributed by atoms with E-state index in [1.807, 2.05) is 0 Å². The van der Waals surface area contributed by atoms with Crippen LogP contribution in [0.3, 0.4) is 0 Å². The molecule has 0 aliphatic carbocycles. The van der Waals surface area contributed by atoms with Crippen LogP contribution in [-0.2, 0) is 0 Å². The van der Waals surface area contributed by atoms with Gasteiger partial charge in [-0.3, -0.25) is 19.9 Å². The molecule has 1 amide bonds. The fourth-order valence-corrected chi connectivity index (χ4v) is 1.94. The molecule has 0 bridgehead atoms. The average molecular weight is 314 g/mol. The molecule has 0 unspecified atom stereocenters. The molecule has 1 N–H and O–H groups in total. The van der Waals surface area contributed by atoms with Gasteiger partial charge in [-0.2, -0.15) is 5.10 Å². The van der Waals surface area contributed by atoms with E-state index in [4.69, 9.17) is 9.47 Å². The molecule has 1 aromatic carbocycles. The van der Waals surface area contributed by atoms with E-state index in [1.54, 1.807) is 24.5 Å². The van der Waals surface area contributed by atoms with Crippen LogP contribution in [0.4, 0.5) is 5.69 Å². The Morgan fingerprint density at radius 3 is 2.70 bits per heavy atom. The third kappa shape index (κ3) is 3.07. The number of hydrazone groups is 1. The number of ether oxygens (including phenoxy) is 2. The number of rotatable bonds is 4. The van der Waals surface area contributed by atoms with Crippen molar-refractivity contribution in [3.63, 3.8) is 0 Å². The van der Waals surface area contributed by atoms with E-state index in [2.05, 4.69) is 15.5 Å². The summed E-state index contributed by atoms with van der Waals surface area (Å²) in [6.07, 6.45) is 4.55. The second-order valence-electron chi connectivity index (χ2n) is 4.46. The fourth-order valence-electron chi connectivity index (χ4n) is 1.94. The number of hydrogen-bond donors (Lipinski definition) is 1. The van der Waals surface area contributed by atoms with Crippen LogP contribution in [0, 0.1) is 10.1 Å². The van der Waals surface area contributed by atoms with Crippen LogP contribution in [0.15, 0.2) is 41.8 Å². The summed E-state index contributed by atoms with van der Waals surface area (Å²) < 4.78 is 10.2. The molecule has 0 spiro atoms. The number of hydrogen-bond acceptors (Lipinski definition) is 7. The van der Waals surface area contributed by atoms with Crippen LogP contribution in [0.1, 0.15) is 15.9 Å². The summed E-state index contributed by atoms with van der Waals surface area (Å²) in [7, 11) is 0. The number of nitrogens with zero attached hydrogens (tertiary/aromatic N) is 3. The molecular weight excluding hydrogens is 304 g/mol. The van der Waals surface area contributed by atoms with Crippen molar-refractivity contribution in [3.8, 4) is 11.5 Å². The Hall–Kier alpha value is -3.49. The highest BCUT2D eigenvalue weighted by molar-refractivity contribution is 5.99. The number of nitro benzene ring substituents is 1. The number of benzene rings is 1. The number of pyridine rings is 1. The van der Waals surface area contributed by atoms with Crippen LogP contribution in [0.2, 0.25) is 0 Å². The highest BCUT2D eigenvalue weighted by atomic mass is 16.7. The third-order valence-electron chi connectivity index (χ3n) is 3.02. The molecule has 1 aliphatic heterocycles. The summed E-state index contributed by atoms with van der Waals surface area (Å²) in [5.74, 6) is -0.215. The molecular formula is C14H10N4O5. The molecule has 23 heavy (non-hydrogen) atoms. The molecule has 9 heteroatoms. The summed E-state index contributed by atoms with van der Waals surface area (Å²) in [5.41, 5.74) is 2.42. The summed E-state index contributed by atoms with van der Waals surface area (Å²) in [5, 5.41) is 14.9. The zero-order valence-electron chi connectivity index (χ0n) is 11.6. The Balaban J connectivity index is 1.82. The lowest BCUT2D eigenvalue weighted by molar-refractivity contribution is -0.385. The van der Waals surface area contributed by atoms with Gasteiger partial charge in [-0.25, -0.2) is 5.43 Å². The van der Waals surface area contributed by atoms with Gasteiger partial charge in [0.2, 0.25) is 6.79 Å². The first-order valence-electron chi connectivity index (χ1n) is 6.46. The SMILES string of the molecule is O=C(N/N=C/c1ccncc1)c1cc2c(cc1[N+](=O)[O-])OCO2. The van der Waals surface area contributed by atoms with Crippen molar-refractivity contribution in [2.45, 2.75) is 0 Å². The first-order chi connectivity index (χ1) is 11.1. The van der Waals surface area contributed by atoms with E-state index in [1.165, 1.54) is 12.3 Å². The highest BCUT2D eigenvalue weighted by Gasteiger charge is 2.27. The van der Waals surface area contributed by atoms with E-state index in [-0.39, 0.29) is 29.5 Å².